The van der Waals surface area contributed by atoms with Gasteiger partial charge in [-0.3, -0.25) is 9.59 Å². The molecule has 6 nitrogen and oxygen atoms in total. The van der Waals surface area contributed by atoms with Gasteiger partial charge in [0.15, 0.2) is 0 Å². The van der Waals surface area contributed by atoms with Gasteiger partial charge in [0.2, 0.25) is 0 Å². The summed E-state index contributed by atoms with van der Waals surface area (Å²) in [6.07, 6.45) is 0. The Bertz CT molecular complexity index is 1250. The van der Waals surface area contributed by atoms with Crippen molar-refractivity contribution >= 4 is 33.2 Å². The molecule has 1 aliphatic heterocycles. The number of hydrogen-bond acceptors (Lipinski definition) is 4. The zero-order valence-corrected chi connectivity index (χ0v) is 16.7. The topological polar surface area (TPSA) is 83.6 Å². The van der Waals surface area contributed by atoms with Crippen LogP contribution in [0.25, 0.3) is 0 Å². The van der Waals surface area contributed by atoms with E-state index in [1.807, 2.05) is 26.0 Å². The summed E-state index contributed by atoms with van der Waals surface area (Å²) in [6, 6.07) is 17.9. The first-order chi connectivity index (χ1) is 13.8. The van der Waals surface area contributed by atoms with E-state index in [-0.39, 0.29) is 21.7 Å². The molecule has 0 bridgehead atoms. The number of fused-ring (bicyclic) bond motifs is 1. The third kappa shape index (κ3) is 3.19. The van der Waals surface area contributed by atoms with Crippen molar-refractivity contribution < 1.29 is 18.0 Å². The summed E-state index contributed by atoms with van der Waals surface area (Å²) in [4.78, 5) is 25.2. The van der Waals surface area contributed by atoms with E-state index in [2.05, 4.69) is 5.32 Å². The lowest BCUT2D eigenvalue weighted by molar-refractivity contribution is 0.100. The summed E-state index contributed by atoms with van der Waals surface area (Å²) >= 11 is 0. The predicted molar refractivity (Wildman–Crippen MR) is 111 cm³/mol. The number of rotatable bonds is 3. The molecular weight excluding hydrogens is 388 g/mol. The summed E-state index contributed by atoms with van der Waals surface area (Å²) in [7, 11) is -4.09. The molecule has 4 rings (SSSR count). The number of nitrogens with zero attached hydrogens (tertiary/aromatic N) is 1. The lowest BCUT2D eigenvalue weighted by Gasteiger charge is -2.14. The van der Waals surface area contributed by atoms with Gasteiger partial charge in [0.05, 0.1) is 11.3 Å². The van der Waals surface area contributed by atoms with E-state index in [1.165, 1.54) is 18.2 Å². The van der Waals surface area contributed by atoms with Crippen molar-refractivity contribution in [3.05, 3.63) is 89.0 Å². The van der Waals surface area contributed by atoms with E-state index in [9.17, 15) is 18.0 Å². The molecule has 3 aromatic carbocycles. The molecule has 0 atom stereocenters. The molecule has 1 heterocycles. The Kier molecular flexibility index (Phi) is 4.47. The van der Waals surface area contributed by atoms with Crippen molar-refractivity contribution in [2.45, 2.75) is 18.7 Å². The third-order valence-electron chi connectivity index (χ3n) is 4.80. The fourth-order valence-electron chi connectivity index (χ4n) is 3.34. The number of hydrogen-bond donors (Lipinski definition) is 1. The zero-order valence-electron chi connectivity index (χ0n) is 15.8. The average molecular weight is 406 g/mol. The van der Waals surface area contributed by atoms with Crippen LogP contribution in [0.4, 0.5) is 11.4 Å². The minimum atomic E-state index is -4.09. The van der Waals surface area contributed by atoms with Crippen molar-refractivity contribution in [1.29, 1.82) is 0 Å². The van der Waals surface area contributed by atoms with Crippen molar-refractivity contribution in [1.82, 2.24) is 0 Å². The highest BCUT2D eigenvalue weighted by atomic mass is 32.2. The normalized spacial score (nSPS) is 14.6. The van der Waals surface area contributed by atoms with E-state index in [0.717, 1.165) is 15.4 Å². The van der Waals surface area contributed by atoms with Crippen LogP contribution in [-0.2, 0) is 10.0 Å². The molecule has 29 heavy (non-hydrogen) atoms. The highest BCUT2D eigenvalue weighted by Crippen LogP contribution is 2.35. The Morgan fingerprint density at radius 1 is 0.931 bits per heavy atom. The lowest BCUT2D eigenvalue weighted by Crippen LogP contribution is -2.29. The van der Waals surface area contributed by atoms with E-state index in [1.54, 1.807) is 36.4 Å². The van der Waals surface area contributed by atoms with E-state index < -0.39 is 21.8 Å². The zero-order chi connectivity index (χ0) is 20.8. The number of aryl methyl sites for hydroxylation is 2. The second-order valence-electron chi connectivity index (χ2n) is 6.89. The Labute approximate surface area is 168 Å². The highest BCUT2D eigenvalue weighted by molar-refractivity contribution is 7.94. The molecule has 3 aromatic rings. The third-order valence-corrected chi connectivity index (χ3v) is 6.55. The molecule has 0 spiro atoms. The SMILES string of the molecule is Cc1ccc(NC(=O)c2ccc3c(c2)S(=O)(=O)N(c2ccccc2)C3=O)c(C)c1. The van der Waals surface area contributed by atoms with Crippen molar-refractivity contribution in [3.8, 4) is 0 Å². The quantitative estimate of drug-likeness (QED) is 0.715. The van der Waals surface area contributed by atoms with E-state index >= 15 is 0 Å². The summed E-state index contributed by atoms with van der Waals surface area (Å²) < 4.78 is 26.8. The molecule has 2 amide bonds. The van der Waals surface area contributed by atoms with Crippen LogP contribution >= 0.6 is 0 Å². The second kappa shape index (κ2) is 6.86. The molecule has 0 aliphatic carbocycles. The van der Waals surface area contributed by atoms with Crippen LogP contribution in [-0.4, -0.2) is 20.2 Å². The maximum Gasteiger partial charge on any atom is 0.273 e. The van der Waals surface area contributed by atoms with E-state index in [4.69, 9.17) is 0 Å². The van der Waals surface area contributed by atoms with Crippen LogP contribution in [0.2, 0.25) is 0 Å². The lowest BCUT2D eigenvalue weighted by atomic mass is 10.1. The number of amides is 2. The van der Waals surface area contributed by atoms with Gasteiger partial charge in [-0.05, 0) is 55.8 Å². The Morgan fingerprint density at radius 2 is 1.66 bits per heavy atom. The molecule has 146 valence electrons. The van der Waals surface area contributed by atoms with Crippen molar-refractivity contribution in [3.63, 3.8) is 0 Å². The minimum absolute atomic E-state index is 0.0527. The van der Waals surface area contributed by atoms with E-state index in [0.29, 0.717) is 5.69 Å². The van der Waals surface area contributed by atoms with Gasteiger partial charge in [0.1, 0.15) is 4.90 Å². The van der Waals surface area contributed by atoms with Crippen molar-refractivity contribution in [2.24, 2.45) is 0 Å². The number of benzene rings is 3. The number of carbonyl (C=O) groups excluding carboxylic acids is 2. The first-order valence-corrected chi connectivity index (χ1v) is 10.4. The van der Waals surface area contributed by atoms with Crippen LogP contribution in [0.15, 0.2) is 71.6 Å². The first kappa shape index (κ1) is 18.9. The van der Waals surface area contributed by atoms with Gasteiger partial charge in [-0.1, -0.05) is 35.9 Å². The highest BCUT2D eigenvalue weighted by Gasteiger charge is 2.42. The van der Waals surface area contributed by atoms with Gasteiger partial charge in [-0.25, -0.2) is 8.42 Å². The average Bonchev–Trinajstić information content (AvgIpc) is 2.90. The Balaban J connectivity index is 1.70. The summed E-state index contributed by atoms with van der Waals surface area (Å²) in [5.41, 5.74) is 3.09. The number of anilines is 2. The summed E-state index contributed by atoms with van der Waals surface area (Å²) in [5.74, 6) is -1.08. The summed E-state index contributed by atoms with van der Waals surface area (Å²) in [5, 5.41) is 2.79. The van der Waals surface area contributed by atoms with Crippen LogP contribution in [0.5, 0.6) is 0 Å². The fourth-order valence-corrected chi connectivity index (χ4v) is 4.96. The van der Waals surface area contributed by atoms with Crippen LogP contribution < -0.4 is 9.62 Å². The molecule has 0 saturated carbocycles. The maximum absolute atomic E-state index is 13.0. The van der Waals surface area contributed by atoms with Crippen LogP contribution in [0.1, 0.15) is 31.8 Å². The smallest absolute Gasteiger partial charge is 0.273 e. The second-order valence-corrected chi connectivity index (χ2v) is 8.65. The van der Waals surface area contributed by atoms with Crippen LogP contribution in [0, 0.1) is 13.8 Å². The molecule has 0 radical (unpaired) electrons. The molecule has 0 saturated heterocycles. The van der Waals surface area contributed by atoms with Crippen molar-refractivity contribution in [2.75, 3.05) is 9.62 Å². The molecule has 0 aromatic heterocycles. The number of sulfonamides is 1. The Hall–Kier alpha value is -3.45. The largest absolute Gasteiger partial charge is 0.322 e. The standard InChI is InChI=1S/C22H18N2O4S/c1-14-8-11-19(15(2)12-14)23-21(25)16-9-10-18-20(13-16)29(27,28)24(22(18)26)17-6-4-3-5-7-17/h3-13H,1-2H3,(H,23,25). The minimum Gasteiger partial charge on any atom is -0.322 e. The Morgan fingerprint density at radius 3 is 2.34 bits per heavy atom. The first-order valence-electron chi connectivity index (χ1n) is 8.96. The van der Waals surface area contributed by atoms with Gasteiger partial charge in [-0.15, -0.1) is 0 Å². The van der Waals surface area contributed by atoms with Gasteiger partial charge in [-0.2, -0.15) is 4.31 Å². The number of carbonyl (C=O) groups is 2. The molecule has 1 aliphatic rings. The summed E-state index contributed by atoms with van der Waals surface area (Å²) in [6.45, 7) is 3.84. The molecule has 0 unspecified atom stereocenters. The van der Waals surface area contributed by atoms with Gasteiger partial charge < -0.3 is 5.32 Å². The fraction of sp³-hybridized carbons (Fsp3) is 0.0909. The number of para-hydroxylation sites is 1. The predicted octanol–water partition coefficient (Wildman–Crippen LogP) is 3.90. The molecule has 7 heteroatoms. The van der Waals surface area contributed by atoms with Gasteiger partial charge >= 0.3 is 0 Å². The van der Waals surface area contributed by atoms with Crippen LogP contribution in [0.3, 0.4) is 0 Å². The number of nitrogens with one attached hydrogen (secondary N) is 1. The van der Waals surface area contributed by atoms with Gasteiger partial charge in [0, 0.05) is 11.3 Å². The molecule has 0 fully saturated rings. The maximum atomic E-state index is 13.0. The monoisotopic (exact) mass is 406 g/mol. The molecule has 1 N–H and O–H groups in total. The molecular formula is C22H18N2O4S. The van der Waals surface area contributed by atoms with Gasteiger partial charge in [0.25, 0.3) is 21.8 Å².